The van der Waals surface area contributed by atoms with Crippen molar-refractivity contribution >= 4 is 0 Å². The second-order valence-corrected chi connectivity index (χ2v) is 7.08. The van der Waals surface area contributed by atoms with Crippen LogP contribution in [-0.4, -0.2) is 37.1 Å². The van der Waals surface area contributed by atoms with Crippen molar-refractivity contribution in [1.82, 2.24) is 10.2 Å². The minimum absolute atomic E-state index is 0.417. The number of unbranched alkanes of at least 4 members (excludes halogenated alkanes) is 2. The van der Waals surface area contributed by atoms with E-state index in [0.717, 1.165) is 6.54 Å². The molecule has 0 amide bonds. The van der Waals surface area contributed by atoms with E-state index in [2.05, 4.69) is 51.8 Å². The molecule has 122 valence electrons. The highest BCUT2D eigenvalue weighted by Gasteiger charge is 2.26. The molecule has 2 nitrogen and oxygen atoms in total. The Balaban J connectivity index is 4.50. The lowest BCUT2D eigenvalue weighted by Gasteiger charge is -2.36. The largest absolute Gasteiger partial charge is 0.314 e. The molecule has 0 spiro atoms. The number of nitrogens with zero attached hydrogens (tertiary/aromatic N) is 1. The van der Waals surface area contributed by atoms with Crippen LogP contribution in [0.2, 0.25) is 0 Å². The quantitative estimate of drug-likeness (QED) is 0.527. The van der Waals surface area contributed by atoms with Crippen LogP contribution in [0.3, 0.4) is 0 Å². The summed E-state index contributed by atoms with van der Waals surface area (Å²) in [5.74, 6) is 0. The van der Waals surface area contributed by atoms with Crippen molar-refractivity contribution in [3.8, 4) is 0 Å². The Kier molecular flexibility index (Phi) is 11.5. The van der Waals surface area contributed by atoms with Crippen LogP contribution in [0.25, 0.3) is 0 Å². The van der Waals surface area contributed by atoms with Gasteiger partial charge < -0.3 is 10.2 Å². The lowest BCUT2D eigenvalue weighted by Crippen LogP contribution is -2.44. The van der Waals surface area contributed by atoms with Gasteiger partial charge >= 0.3 is 0 Å². The van der Waals surface area contributed by atoms with Crippen LogP contribution < -0.4 is 5.32 Å². The minimum Gasteiger partial charge on any atom is -0.314 e. The van der Waals surface area contributed by atoms with E-state index in [-0.39, 0.29) is 0 Å². The van der Waals surface area contributed by atoms with Crippen LogP contribution in [0, 0.1) is 5.41 Å². The summed E-state index contributed by atoms with van der Waals surface area (Å²) < 4.78 is 0. The number of hydrogen-bond acceptors (Lipinski definition) is 2. The highest BCUT2D eigenvalue weighted by Crippen LogP contribution is 2.24. The zero-order chi connectivity index (χ0) is 15.4. The summed E-state index contributed by atoms with van der Waals surface area (Å²) in [6.07, 6.45) is 7.88. The van der Waals surface area contributed by atoms with Gasteiger partial charge in [0.05, 0.1) is 0 Å². The monoisotopic (exact) mass is 284 g/mol. The van der Waals surface area contributed by atoms with Crippen molar-refractivity contribution in [3.05, 3.63) is 0 Å². The molecule has 0 saturated heterocycles. The topological polar surface area (TPSA) is 15.3 Å². The summed E-state index contributed by atoms with van der Waals surface area (Å²) in [6, 6.07) is 0.589. The van der Waals surface area contributed by atoms with Crippen molar-refractivity contribution in [2.75, 3.05) is 26.2 Å². The summed E-state index contributed by atoms with van der Waals surface area (Å²) in [7, 11) is 0. The maximum atomic E-state index is 3.66. The van der Waals surface area contributed by atoms with Gasteiger partial charge in [0, 0.05) is 19.1 Å². The van der Waals surface area contributed by atoms with E-state index in [1.807, 2.05) is 0 Å². The Morgan fingerprint density at radius 1 is 0.950 bits per heavy atom. The first-order chi connectivity index (χ1) is 9.47. The molecule has 2 heteroatoms. The third-order valence-electron chi connectivity index (χ3n) is 4.05. The average Bonchev–Trinajstić information content (AvgIpc) is 2.40. The third kappa shape index (κ3) is 9.77. The maximum absolute atomic E-state index is 3.66. The Morgan fingerprint density at radius 2 is 1.50 bits per heavy atom. The molecular formula is C18H40N2. The van der Waals surface area contributed by atoms with Gasteiger partial charge in [0.2, 0.25) is 0 Å². The van der Waals surface area contributed by atoms with Crippen LogP contribution >= 0.6 is 0 Å². The Hall–Kier alpha value is -0.0800. The minimum atomic E-state index is 0.417. The molecule has 1 N–H and O–H groups in total. The molecule has 0 bridgehead atoms. The van der Waals surface area contributed by atoms with E-state index in [1.165, 1.54) is 58.2 Å². The third-order valence-corrected chi connectivity index (χ3v) is 4.05. The maximum Gasteiger partial charge on any atom is 0.00475 e. The van der Waals surface area contributed by atoms with E-state index in [1.54, 1.807) is 0 Å². The molecule has 0 heterocycles. The van der Waals surface area contributed by atoms with Gasteiger partial charge in [-0.1, -0.05) is 60.8 Å². The van der Waals surface area contributed by atoms with E-state index in [9.17, 15) is 0 Å². The highest BCUT2D eigenvalue weighted by atomic mass is 15.1. The molecule has 20 heavy (non-hydrogen) atoms. The number of rotatable bonds is 13. The Morgan fingerprint density at radius 3 is 1.90 bits per heavy atom. The van der Waals surface area contributed by atoms with Gasteiger partial charge in [-0.25, -0.2) is 0 Å². The van der Waals surface area contributed by atoms with Crippen LogP contribution in [0.4, 0.5) is 0 Å². The predicted octanol–water partition coefficient (Wildman–Crippen LogP) is 4.69. The number of nitrogens with one attached hydrogen (secondary N) is 1. The number of hydrogen-bond donors (Lipinski definition) is 1. The van der Waals surface area contributed by atoms with Gasteiger partial charge in [0.15, 0.2) is 0 Å². The van der Waals surface area contributed by atoms with Gasteiger partial charge in [0.1, 0.15) is 0 Å². The SMILES string of the molecule is CCCCN(CCCC)CC(C)(CCC)CNC(C)C. The molecule has 0 radical (unpaired) electrons. The van der Waals surface area contributed by atoms with Gasteiger partial charge in [-0.05, 0) is 37.8 Å². The zero-order valence-electron chi connectivity index (χ0n) is 15.1. The van der Waals surface area contributed by atoms with E-state index < -0.39 is 0 Å². The van der Waals surface area contributed by atoms with Gasteiger partial charge in [0.25, 0.3) is 0 Å². The first-order valence-corrected chi connectivity index (χ1v) is 8.93. The fourth-order valence-electron chi connectivity index (χ4n) is 2.85. The van der Waals surface area contributed by atoms with Crippen molar-refractivity contribution in [1.29, 1.82) is 0 Å². The van der Waals surface area contributed by atoms with Crippen LogP contribution in [0.1, 0.15) is 80.1 Å². The molecule has 1 atom stereocenters. The summed E-state index contributed by atoms with van der Waals surface area (Å²) >= 11 is 0. The van der Waals surface area contributed by atoms with E-state index in [4.69, 9.17) is 0 Å². The van der Waals surface area contributed by atoms with Gasteiger partial charge in [-0.2, -0.15) is 0 Å². The molecule has 0 aliphatic carbocycles. The van der Waals surface area contributed by atoms with Crippen LogP contribution in [0.5, 0.6) is 0 Å². The summed E-state index contributed by atoms with van der Waals surface area (Å²) in [4.78, 5) is 2.71. The van der Waals surface area contributed by atoms with Crippen molar-refractivity contribution in [3.63, 3.8) is 0 Å². The molecule has 0 aromatic rings. The molecule has 0 rings (SSSR count). The zero-order valence-corrected chi connectivity index (χ0v) is 15.1. The second kappa shape index (κ2) is 11.6. The molecule has 0 aromatic carbocycles. The standard InChI is InChI=1S/C18H40N2/c1-7-10-13-20(14-11-8-2)16-18(6,12-9-3)15-19-17(4)5/h17,19H,7-16H2,1-6H3. The summed E-state index contributed by atoms with van der Waals surface area (Å²) in [5, 5.41) is 3.66. The Bertz CT molecular complexity index is 207. The molecule has 0 aliphatic rings. The fourth-order valence-corrected chi connectivity index (χ4v) is 2.85. The molecular weight excluding hydrogens is 244 g/mol. The second-order valence-electron chi connectivity index (χ2n) is 7.08. The van der Waals surface area contributed by atoms with Crippen LogP contribution in [-0.2, 0) is 0 Å². The van der Waals surface area contributed by atoms with Crippen LogP contribution in [0.15, 0.2) is 0 Å². The molecule has 0 aromatic heterocycles. The van der Waals surface area contributed by atoms with E-state index >= 15 is 0 Å². The van der Waals surface area contributed by atoms with Gasteiger partial charge in [-0.3, -0.25) is 0 Å². The lowest BCUT2D eigenvalue weighted by atomic mass is 9.84. The highest BCUT2D eigenvalue weighted by molar-refractivity contribution is 4.81. The first-order valence-electron chi connectivity index (χ1n) is 8.93. The summed E-state index contributed by atoms with van der Waals surface area (Å²) in [5.41, 5.74) is 0.417. The molecule has 1 unspecified atom stereocenters. The normalized spacial score (nSPS) is 15.0. The molecule has 0 saturated carbocycles. The van der Waals surface area contributed by atoms with Crippen molar-refractivity contribution in [2.24, 2.45) is 5.41 Å². The average molecular weight is 285 g/mol. The first kappa shape index (κ1) is 19.9. The summed E-state index contributed by atoms with van der Waals surface area (Å²) in [6.45, 7) is 18.8. The predicted molar refractivity (Wildman–Crippen MR) is 92.4 cm³/mol. The lowest BCUT2D eigenvalue weighted by molar-refractivity contribution is 0.143. The smallest absolute Gasteiger partial charge is 0.00475 e. The van der Waals surface area contributed by atoms with Crippen molar-refractivity contribution < 1.29 is 0 Å². The van der Waals surface area contributed by atoms with E-state index in [0.29, 0.717) is 11.5 Å². The molecule has 0 fully saturated rings. The molecule has 0 aliphatic heterocycles. The Labute approximate surface area is 128 Å². The van der Waals surface area contributed by atoms with Gasteiger partial charge in [-0.15, -0.1) is 0 Å². The fraction of sp³-hybridized carbons (Fsp3) is 1.00. The van der Waals surface area contributed by atoms with Crippen molar-refractivity contribution in [2.45, 2.75) is 86.1 Å².